The molecule has 6 aliphatic heterocycles. The molecule has 0 bridgehead atoms. The third-order valence-electron chi connectivity index (χ3n) is 14.0. The van der Waals surface area contributed by atoms with Crippen molar-refractivity contribution in [1.29, 1.82) is 0 Å². The van der Waals surface area contributed by atoms with E-state index in [-0.39, 0.29) is 0 Å². The van der Waals surface area contributed by atoms with Crippen LogP contribution in [0.15, 0.2) is 0 Å². The highest BCUT2D eigenvalue weighted by molar-refractivity contribution is 5.74. The van der Waals surface area contributed by atoms with Gasteiger partial charge < -0.3 is 155 Å². The van der Waals surface area contributed by atoms with Crippen LogP contribution < -0.4 is 21.3 Å². The number of aliphatic hydroxyl groups is 16. The molecule has 6 saturated heterocycles. The molecule has 6 rings (SSSR count). The van der Waals surface area contributed by atoms with Gasteiger partial charge in [0.15, 0.2) is 37.7 Å². The van der Waals surface area contributed by atoms with Crippen molar-refractivity contribution in [2.45, 2.75) is 212 Å². The van der Waals surface area contributed by atoms with Crippen molar-refractivity contribution < 1.29 is 153 Å². The van der Waals surface area contributed by atoms with Crippen molar-refractivity contribution in [2.75, 3.05) is 39.6 Å². The Labute approximate surface area is 448 Å². The van der Waals surface area contributed by atoms with E-state index in [0.717, 1.165) is 27.7 Å². The molecule has 456 valence electrons. The molecule has 0 spiro atoms. The first-order valence-electron chi connectivity index (χ1n) is 25.1. The number of hydrogen-bond donors (Lipinski definition) is 20. The van der Waals surface area contributed by atoms with Crippen molar-refractivity contribution in [3.63, 3.8) is 0 Å². The maximum Gasteiger partial charge on any atom is 0.217 e. The summed E-state index contributed by atoms with van der Waals surface area (Å²) in [5, 5.41) is 183. The summed E-state index contributed by atoms with van der Waals surface area (Å²) in [7, 11) is 0. The average molecular weight is 1160 g/mol. The Morgan fingerprint density at radius 2 is 0.671 bits per heavy atom. The third-order valence-corrected chi connectivity index (χ3v) is 14.0. The highest BCUT2D eigenvalue weighted by atomic mass is 16.8. The zero-order valence-corrected chi connectivity index (χ0v) is 42.8. The van der Waals surface area contributed by atoms with E-state index < -0.39 is 247 Å². The quantitative estimate of drug-likeness (QED) is 0.0538. The van der Waals surface area contributed by atoms with Gasteiger partial charge in [-0.3, -0.25) is 19.2 Å². The Morgan fingerprint density at radius 1 is 0.329 bits per heavy atom. The van der Waals surface area contributed by atoms with Crippen molar-refractivity contribution >= 4 is 23.6 Å². The second-order valence-electron chi connectivity index (χ2n) is 19.7. The molecule has 4 amide bonds. The van der Waals surface area contributed by atoms with Gasteiger partial charge in [0.2, 0.25) is 23.6 Å². The first kappa shape index (κ1) is 65.0. The van der Waals surface area contributed by atoms with Crippen LogP contribution in [0, 0.1) is 0 Å². The molecule has 20 N–H and O–H groups in total. The molecular weight excluding hydrogens is 1080 g/mol. The summed E-state index contributed by atoms with van der Waals surface area (Å²) in [4.78, 5) is 49.8. The number of amides is 4. The van der Waals surface area contributed by atoms with Gasteiger partial charge in [-0.25, -0.2) is 0 Å². The van der Waals surface area contributed by atoms with Crippen LogP contribution in [0.5, 0.6) is 0 Å². The predicted octanol–water partition coefficient (Wildman–Crippen LogP) is -13.5. The van der Waals surface area contributed by atoms with E-state index in [9.17, 15) is 101 Å². The van der Waals surface area contributed by atoms with Crippen LogP contribution in [-0.4, -0.2) is 329 Å². The number of aliphatic hydroxyl groups excluding tert-OH is 16. The van der Waals surface area contributed by atoms with Gasteiger partial charge in [-0.15, -0.1) is 0 Å². The fourth-order valence-corrected chi connectivity index (χ4v) is 10.0. The Morgan fingerprint density at radius 3 is 1.13 bits per heavy atom. The normalized spacial score (nSPS) is 46.7. The number of ether oxygens (including phenoxy) is 11. The lowest BCUT2D eigenvalue weighted by Crippen LogP contribution is -2.71. The average Bonchev–Trinajstić information content (AvgIpc) is 3.45. The molecular formula is C44H74N4O31. The standard InChI is InChI=1S/C44H74N4O31/c1-11(54)45-21-29(62)25(58)15(5-49)71-40(21)69-10-20-28(61)38(79-42-23(47-13(3)56)31(64)35(18(8-52)74-42)76-43-33(66)32(65)26(59)16(6-50)72-43)34(67)44(75-20)77-36-19(9-53)73-41(22(30(36)63)46-12(2)55)78-37-24(48-14(4)57)39(68)70-17(7-51)27(37)60/h15-44,49-53,58-68H,5-10H2,1-4H3,(H,45,54)(H,46,55)(H,47,56)(H,48,57)/t15-,16-,17-,18-,19-,20-,21-,22-,23-,24-,25-,26+,27+,28+,29-,30-,31-,32+,33-,34-,35-,36-,37-,38+,39?,40-,41+,42+,43+,44+/m1/s1. The van der Waals surface area contributed by atoms with E-state index in [1.165, 1.54) is 0 Å². The number of nitrogens with one attached hydrogen (secondary N) is 4. The lowest BCUT2D eigenvalue weighted by Gasteiger charge is -2.51. The molecule has 6 aliphatic rings. The molecule has 0 saturated carbocycles. The molecule has 6 fully saturated rings. The predicted molar refractivity (Wildman–Crippen MR) is 246 cm³/mol. The third kappa shape index (κ3) is 14.8. The zero-order chi connectivity index (χ0) is 58.5. The Hall–Kier alpha value is -3.20. The highest BCUT2D eigenvalue weighted by Gasteiger charge is 2.58. The van der Waals surface area contributed by atoms with Gasteiger partial charge in [0, 0.05) is 27.7 Å². The number of rotatable bonds is 20. The molecule has 1 unspecified atom stereocenters. The molecule has 0 aromatic carbocycles. The maximum absolute atomic E-state index is 12.7. The molecule has 6 heterocycles. The van der Waals surface area contributed by atoms with E-state index in [0.29, 0.717) is 0 Å². The zero-order valence-electron chi connectivity index (χ0n) is 42.8. The van der Waals surface area contributed by atoms with Crippen molar-refractivity contribution in [2.24, 2.45) is 0 Å². The van der Waals surface area contributed by atoms with Gasteiger partial charge in [-0.2, -0.15) is 0 Å². The number of carbonyl (C=O) groups excluding carboxylic acids is 4. The summed E-state index contributed by atoms with van der Waals surface area (Å²) in [5.41, 5.74) is 0. The van der Waals surface area contributed by atoms with Gasteiger partial charge in [-0.05, 0) is 0 Å². The summed E-state index contributed by atoms with van der Waals surface area (Å²) in [5.74, 6) is -3.22. The fourth-order valence-electron chi connectivity index (χ4n) is 10.0. The van der Waals surface area contributed by atoms with Crippen LogP contribution in [-0.2, 0) is 71.3 Å². The van der Waals surface area contributed by atoms with E-state index >= 15 is 0 Å². The SMILES string of the molecule is CC(=O)N[C@H]1[C@H](O[C@H]2[C@@H](O)[C@@H](CO[C@@H]3O[C@H](CO)[C@@H](O)[C@H](O)[C@H]3NC(C)=O)O[C@@H](O[C@H]3[C@H](O)[C@@H](NC(C)=O)[C@H](O[C@H]4[C@@H](O)[C@@H](CO)OC(O)[C@@H]4NC(C)=O)O[C@@H]3CO)[C@@H]2O)O[C@H](CO)[C@@H](O[C@@H]2O[C@H](CO)[C@H](O)[C@H](O)[C@H]2O)[C@@H]1O. The molecule has 35 nitrogen and oxygen atoms in total. The summed E-state index contributed by atoms with van der Waals surface area (Å²) >= 11 is 0. The topological polar surface area (TPSA) is 542 Å². The monoisotopic (exact) mass is 1150 g/mol. The maximum atomic E-state index is 12.7. The molecule has 0 aliphatic carbocycles. The van der Waals surface area contributed by atoms with Gasteiger partial charge in [0.25, 0.3) is 0 Å². The Kier molecular flexibility index (Phi) is 23.3. The number of hydrogen-bond acceptors (Lipinski definition) is 31. The van der Waals surface area contributed by atoms with E-state index in [4.69, 9.17) is 52.1 Å². The molecule has 0 aromatic rings. The molecule has 79 heavy (non-hydrogen) atoms. The van der Waals surface area contributed by atoms with Crippen LogP contribution in [0.25, 0.3) is 0 Å². The van der Waals surface area contributed by atoms with E-state index in [1.807, 2.05) is 0 Å². The van der Waals surface area contributed by atoms with Crippen molar-refractivity contribution in [1.82, 2.24) is 21.3 Å². The lowest BCUT2D eigenvalue weighted by molar-refractivity contribution is -0.383. The molecule has 0 radical (unpaired) electrons. The minimum Gasteiger partial charge on any atom is -0.394 e. The van der Waals surface area contributed by atoms with Crippen LogP contribution in [0.1, 0.15) is 27.7 Å². The van der Waals surface area contributed by atoms with Crippen molar-refractivity contribution in [3.8, 4) is 0 Å². The Balaban J connectivity index is 1.33. The first-order chi connectivity index (χ1) is 37.3. The number of carbonyl (C=O) groups is 4. The van der Waals surface area contributed by atoms with E-state index in [1.54, 1.807) is 0 Å². The smallest absolute Gasteiger partial charge is 0.217 e. The van der Waals surface area contributed by atoms with Gasteiger partial charge in [0.05, 0.1) is 39.6 Å². The second kappa shape index (κ2) is 28.4. The summed E-state index contributed by atoms with van der Waals surface area (Å²) < 4.78 is 64.0. The first-order valence-corrected chi connectivity index (χ1v) is 25.1. The summed E-state index contributed by atoms with van der Waals surface area (Å²) in [6.45, 7) is -1.56. The highest BCUT2D eigenvalue weighted by Crippen LogP contribution is 2.37. The molecule has 30 atom stereocenters. The van der Waals surface area contributed by atoms with Crippen LogP contribution >= 0.6 is 0 Å². The van der Waals surface area contributed by atoms with Crippen LogP contribution in [0.2, 0.25) is 0 Å². The van der Waals surface area contributed by atoms with E-state index in [2.05, 4.69) is 21.3 Å². The van der Waals surface area contributed by atoms with Crippen molar-refractivity contribution in [3.05, 3.63) is 0 Å². The minimum absolute atomic E-state index is 0.748. The summed E-state index contributed by atoms with van der Waals surface area (Å²) in [6.07, 6.45) is -49.2. The largest absolute Gasteiger partial charge is 0.394 e. The van der Waals surface area contributed by atoms with Crippen LogP contribution in [0.4, 0.5) is 0 Å². The van der Waals surface area contributed by atoms with Gasteiger partial charge >= 0.3 is 0 Å². The molecule has 35 heteroatoms. The van der Waals surface area contributed by atoms with Gasteiger partial charge in [-0.1, -0.05) is 0 Å². The fraction of sp³-hybridized carbons (Fsp3) is 0.909. The molecule has 0 aromatic heterocycles. The Bertz CT molecular complexity index is 1990. The van der Waals surface area contributed by atoms with Crippen LogP contribution in [0.3, 0.4) is 0 Å². The summed E-state index contributed by atoms with van der Waals surface area (Å²) in [6, 6.07) is -6.73. The minimum atomic E-state index is -2.32. The second-order valence-corrected chi connectivity index (χ2v) is 19.7. The van der Waals surface area contributed by atoms with Gasteiger partial charge in [0.1, 0.15) is 146 Å². The lowest BCUT2D eigenvalue weighted by atomic mass is 9.93.